The van der Waals surface area contributed by atoms with Gasteiger partial charge in [-0.15, -0.1) is 0 Å². The number of nitrogens with zero attached hydrogens (tertiary/aromatic N) is 2. The average Bonchev–Trinajstić information content (AvgIpc) is 2.99. The maximum atomic E-state index is 11.7. The van der Waals surface area contributed by atoms with E-state index in [1.807, 2.05) is 28.8 Å². The smallest absolute Gasteiger partial charge is 0.372 e. The number of carbonyl (C=O) groups is 1. The summed E-state index contributed by atoms with van der Waals surface area (Å²) in [5, 5.41) is 9.59. The molecule has 1 aliphatic rings. The maximum Gasteiger partial charge on any atom is 0.372 e. The van der Waals surface area contributed by atoms with E-state index in [-0.39, 0.29) is 11.2 Å². The van der Waals surface area contributed by atoms with Gasteiger partial charge in [0.25, 0.3) is 0 Å². The molecule has 2 atom stereocenters. The van der Waals surface area contributed by atoms with E-state index < -0.39 is 5.97 Å². The van der Waals surface area contributed by atoms with Crippen molar-refractivity contribution >= 4 is 22.7 Å². The molecule has 4 heteroatoms. The Morgan fingerprint density at radius 3 is 2.73 bits per heavy atom. The number of aromatic nitrogens is 2. The van der Waals surface area contributed by atoms with Crippen molar-refractivity contribution in [1.29, 1.82) is 0 Å². The van der Waals surface area contributed by atoms with E-state index in [1.165, 1.54) is 0 Å². The summed E-state index contributed by atoms with van der Waals surface area (Å²) in [4.78, 5) is 16.0. The summed E-state index contributed by atoms with van der Waals surface area (Å²) in [7, 11) is 0. The normalized spacial score (nSPS) is 25.0. The largest absolute Gasteiger partial charge is 0.475 e. The molecule has 2 unspecified atom stereocenters. The van der Waals surface area contributed by atoms with Gasteiger partial charge >= 0.3 is 5.97 Å². The van der Waals surface area contributed by atoms with Crippen LogP contribution in [0.5, 0.6) is 0 Å². The number of para-hydroxylation sites is 2. The summed E-state index contributed by atoms with van der Waals surface area (Å²) in [6.07, 6.45) is 3.15. The van der Waals surface area contributed by atoms with Gasteiger partial charge in [-0.25, -0.2) is 9.78 Å². The zero-order valence-corrected chi connectivity index (χ0v) is 13.5. The first kappa shape index (κ1) is 14.8. The number of allylic oxidation sites excluding steroid dienone is 2. The van der Waals surface area contributed by atoms with Crippen LogP contribution in [0, 0.1) is 17.3 Å². The van der Waals surface area contributed by atoms with Crippen molar-refractivity contribution in [3.8, 4) is 0 Å². The molecule has 1 aromatic heterocycles. The first-order chi connectivity index (χ1) is 10.4. The molecule has 0 saturated carbocycles. The minimum atomic E-state index is -0.984. The second-order valence-corrected chi connectivity index (χ2v) is 6.73. The molecule has 22 heavy (non-hydrogen) atoms. The molecule has 0 saturated heterocycles. The summed E-state index contributed by atoms with van der Waals surface area (Å²) < 4.78 is 1.85. The SMILES string of the molecule is CC(C)C1(C)C(n2c(C(=O)O)nc3ccccc32)=CCC1C. The second kappa shape index (κ2) is 4.97. The summed E-state index contributed by atoms with van der Waals surface area (Å²) >= 11 is 0. The van der Waals surface area contributed by atoms with Crippen LogP contribution in [0.4, 0.5) is 0 Å². The molecule has 4 nitrogen and oxygen atoms in total. The number of rotatable bonds is 3. The van der Waals surface area contributed by atoms with Gasteiger partial charge in [-0.1, -0.05) is 45.9 Å². The van der Waals surface area contributed by atoms with Crippen molar-refractivity contribution in [1.82, 2.24) is 9.55 Å². The molecule has 0 radical (unpaired) electrons. The van der Waals surface area contributed by atoms with Crippen molar-refractivity contribution in [3.63, 3.8) is 0 Å². The van der Waals surface area contributed by atoms with Gasteiger partial charge in [-0.05, 0) is 30.4 Å². The standard InChI is InChI=1S/C18H22N2O2/c1-11(2)18(4)12(3)9-10-15(18)20-14-8-6-5-7-13(14)19-16(20)17(21)22/h5-8,10-12H,9H2,1-4H3,(H,21,22). The minimum absolute atomic E-state index is 0.0618. The second-order valence-electron chi connectivity index (χ2n) is 6.73. The first-order valence-electron chi connectivity index (χ1n) is 7.79. The third-order valence-corrected chi connectivity index (χ3v) is 5.43. The molecular formula is C18H22N2O2. The highest BCUT2D eigenvalue weighted by molar-refractivity contribution is 5.93. The lowest BCUT2D eigenvalue weighted by Gasteiger charge is -2.37. The molecule has 116 valence electrons. The predicted octanol–water partition coefficient (Wildman–Crippen LogP) is 4.28. The molecule has 0 amide bonds. The molecule has 1 aromatic carbocycles. The number of hydrogen-bond donors (Lipinski definition) is 1. The van der Waals surface area contributed by atoms with E-state index in [9.17, 15) is 9.90 Å². The Bertz CT molecular complexity index is 772. The number of aromatic carboxylic acids is 1. The van der Waals surface area contributed by atoms with Crippen molar-refractivity contribution in [2.75, 3.05) is 0 Å². The molecule has 1 aliphatic carbocycles. The molecule has 0 spiro atoms. The van der Waals surface area contributed by atoms with E-state index >= 15 is 0 Å². The average molecular weight is 298 g/mol. The quantitative estimate of drug-likeness (QED) is 0.920. The highest BCUT2D eigenvalue weighted by Gasteiger charge is 2.43. The fourth-order valence-corrected chi connectivity index (χ4v) is 3.62. The van der Waals surface area contributed by atoms with E-state index in [0.717, 1.165) is 23.2 Å². The minimum Gasteiger partial charge on any atom is -0.475 e. The third-order valence-electron chi connectivity index (χ3n) is 5.43. The Morgan fingerprint density at radius 2 is 2.09 bits per heavy atom. The lowest BCUT2D eigenvalue weighted by atomic mass is 9.70. The Morgan fingerprint density at radius 1 is 1.41 bits per heavy atom. The van der Waals surface area contributed by atoms with Gasteiger partial charge in [0.15, 0.2) is 0 Å². The van der Waals surface area contributed by atoms with Gasteiger partial charge in [0.2, 0.25) is 5.82 Å². The Hall–Kier alpha value is -2.10. The Balaban J connectivity index is 2.30. The lowest BCUT2D eigenvalue weighted by Crippen LogP contribution is -2.32. The highest BCUT2D eigenvalue weighted by Crippen LogP contribution is 2.51. The lowest BCUT2D eigenvalue weighted by molar-refractivity contribution is 0.0681. The van der Waals surface area contributed by atoms with Gasteiger partial charge in [0, 0.05) is 11.1 Å². The summed E-state index contributed by atoms with van der Waals surface area (Å²) in [6.45, 7) is 8.88. The molecule has 1 N–H and O–H groups in total. The zero-order chi connectivity index (χ0) is 16.1. The number of hydrogen-bond acceptors (Lipinski definition) is 2. The maximum absolute atomic E-state index is 11.7. The van der Waals surface area contributed by atoms with Gasteiger partial charge in [-0.2, -0.15) is 0 Å². The van der Waals surface area contributed by atoms with Crippen LogP contribution in [0.15, 0.2) is 30.3 Å². The summed E-state index contributed by atoms with van der Waals surface area (Å²) in [5.41, 5.74) is 2.60. The van der Waals surface area contributed by atoms with Crippen LogP contribution in [0.3, 0.4) is 0 Å². The Kier molecular flexibility index (Phi) is 3.35. The van der Waals surface area contributed by atoms with Crippen molar-refractivity contribution < 1.29 is 9.90 Å². The molecule has 3 rings (SSSR count). The van der Waals surface area contributed by atoms with Crippen LogP contribution in [0.2, 0.25) is 0 Å². The van der Waals surface area contributed by atoms with E-state index in [4.69, 9.17) is 0 Å². The van der Waals surface area contributed by atoms with Gasteiger partial charge < -0.3 is 5.11 Å². The topological polar surface area (TPSA) is 55.1 Å². The van der Waals surface area contributed by atoms with Crippen molar-refractivity contribution in [2.24, 2.45) is 17.3 Å². The van der Waals surface area contributed by atoms with Crippen LogP contribution in [-0.2, 0) is 0 Å². The molecule has 0 aliphatic heterocycles. The van der Waals surface area contributed by atoms with E-state index in [0.29, 0.717) is 11.8 Å². The van der Waals surface area contributed by atoms with Crippen LogP contribution in [-0.4, -0.2) is 20.6 Å². The highest BCUT2D eigenvalue weighted by atomic mass is 16.4. The van der Waals surface area contributed by atoms with Crippen molar-refractivity contribution in [2.45, 2.75) is 34.1 Å². The van der Waals surface area contributed by atoms with E-state index in [1.54, 1.807) is 0 Å². The monoisotopic (exact) mass is 298 g/mol. The van der Waals surface area contributed by atoms with Crippen molar-refractivity contribution in [3.05, 3.63) is 36.2 Å². The van der Waals surface area contributed by atoms with Gasteiger partial charge in [0.1, 0.15) is 0 Å². The number of benzene rings is 1. The number of fused-ring (bicyclic) bond motifs is 1. The predicted molar refractivity (Wildman–Crippen MR) is 87.7 cm³/mol. The fraction of sp³-hybridized carbons (Fsp3) is 0.444. The number of imidazole rings is 1. The van der Waals surface area contributed by atoms with Crippen LogP contribution >= 0.6 is 0 Å². The summed E-state index contributed by atoms with van der Waals surface area (Å²) in [6, 6.07) is 7.62. The van der Waals surface area contributed by atoms with Gasteiger partial charge in [-0.3, -0.25) is 4.57 Å². The van der Waals surface area contributed by atoms with Crippen LogP contribution in [0.1, 0.15) is 44.7 Å². The number of carboxylic acids is 1. The fourth-order valence-electron chi connectivity index (χ4n) is 3.62. The first-order valence-corrected chi connectivity index (χ1v) is 7.79. The van der Waals surface area contributed by atoms with Crippen LogP contribution < -0.4 is 0 Å². The molecule has 0 bridgehead atoms. The van der Waals surface area contributed by atoms with Crippen LogP contribution in [0.25, 0.3) is 16.7 Å². The van der Waals surface area contributed by atoms with E-state index in [2.05, 4.69) is 38.8 Å². The molecule has 0 fully saturated rings. The zero-order valence-electron chi connectivity index (χ0n) is 13.5. The molecule has 1 heterocycles. The number of carboxylic acid groups (broad SMARTS) is 1. The molecular weight excluding hydrogens is 276 g/mol. The van der Waals surface area contributed by atoms with Gasteiger partial charge in [0.05, 0.1) is 11.0 Å². The summed E-state index contributed by atoms with van der Waals surface area (Å²) in [5.74, 6) is 0.0144. The molecule has 2 aromatic rings. The Labute approximate surface area is 130 Å². The third kappa shape index (κ3) is 1.90.